The van der Waals surface area contributed by atoms with E-state index in [-0.39, 0.29) is 18.6 Å². The first-order chi connectivity index (χ1) is 9.99. The van der Waals surface area contributed by atoms with Gasteiger partial charge in [-0.15, -0.1) is 0 Å². The zero-order valence-corrected chi connectivity index (χ0v) is 12.4. The Balaban J connectivity index is 3.71. The summed E-state index contributed by atoms with van der Waals surface area (Å²) in [5.74, 6) is -8.42. The van der Waals surface area contributed by atoms with E-state index in [4.69, 9.17) is 10.2 Å². The summed E-state index contributed by atoms with van der Waals surface area (Å²) in [4.78, 5) is 21.1. The van der Waals surface area contributed by atoms with Crippen LogP contribution in [0.3, 0.4) is 0 Å². The molecule has 130 valence electrons. The fourth-order valence-corrected chi connectivity index (χ4v) is 2.51. The van der Waals surface area contributed by atoms with Gasteiger partial charge in [0.2, 0.25) is 0 Å². The number of unbranched alkanes of at least 4 members (excludes halogenated alkanes) is 1. The summed E-state index contributed by atoms with van der Waals surface area (Å²) in [5, 5.41) is 17.2. The molecule has 0 saturated heterocycles. The van der Waals surface area contributed by atoms with Crippen molar-refractivity contribution in [2.45, 2.75) is 44.2 Å². The van der Waals surface area contributed by atoms with E-state index in [1.165, 1.54) is 11.8 Å². The molecule has 0 aliphatic heterocycles. The van der Waals surface area contributed by atoms with Gasteiger partial charge in [-0.05, 0) is 30.8 Å². The summed E-state index contributed by atoms with van der Waals surface area (Å²) in [6.07, 6.45) is -6.32. The predicted molar refractivity (Wildman–Crippen MR) is 70.2 cm³/mol. The van der Waals surface area contributed by atoms with Crippen molar-refractivity contribution < 1.29 is 41.8 Å². The third-order valence-corrected chi connectivity index (χ3v) is 3.98. The molecule has 0 aromatic carbocycles. The average molecular weight is 352 g/mol. The van der Waals surface area contributed by atoms with Gasteiger partial charge in [0.25, 0.3) is 0 Å². The molecule has 2 N–H and O–H groups in total. The third-order valence-electron chi connectivity index (χ3n) is 2.82. The first-order valence-corrected chi connectivity index (χ1v) is 7.62. The van der Waals surface area contributed by atoms with Crippen molar-refractivity contribution in [1.82, 2.24) is 0 Å². The number of carboxylic acid groups (broad SMARTS) is 2. The molecule has 0 rings (SSSR count). The fourth-order valence-electron chi connectivity index (χ4n) is 1.55. The first kappa shape index (κ1) is 20.9. The minimum Gasteiger partial charge on any atom is -0.481 e. The molecule has 0 unspecified atom stereocenters. The highest BCUT2D eigenvalue weighted by molar-refractivity contribution is 7.99. The molecule has 0 atom stereocenters. The number of hydrogen-bond donors (Lipinski definition) is 2. The molecule has 0 heterocycles. The van der Waals surface area contributed by atoms with Gasteiger partial charge in [0.05, 0.1) is 0 Å². The van der Waals surface area contributed by atoms with Crippen LogP contribution in [0.2, 0.25) is 0 Å². The van der Waals surface area contributed by atoms with E-state index >= 15 is 0 Å². The number of hydrogen-bond acceptors (Lipinski definition) is 3. The van der Waals surface area contributed by atoms with Gasteiger partial charge in [-0.25, -0.2) is 0 Å². The number of aliphatic carboxylic acids is 2. The number of rotatable bonds is 11. The van der Waals surface area contributed by atoms with Crippen molar-refractivity contribution in [2.75, 3.05) is 11.5 Å². The molecule has 0 aromatic heterocycles. The van der Waals surface area contributed by atoms with Crippen LogP contribution in [-0.4, -0.2) is 45.8 Å². The molecular weight excluding hydrogens is 335 g/mol. The molecule has 0 bridgehead atoms. The molecule has 22 heavy (non-hydrogen) atoms. The van der Waals surface area contributed by atoms with E-state index in [2.05, 4.69) is 0 Å². The molecule has 0 spiro atoms. The Bertz CT molecular complexity index is 359. The Morgan fingerprint density at radius 1 is 0.909 bits per heavy atom. The number of halogens is 5. The van der Waals surface area contributed by atoms with Gasteiger partial charge in [0.1, 0.15) is 0 Å². The summed E-state index contributed by atoms with van der Waals surface area (Å²) in [7, 11) is 0. The van der Waals surface area contributed by atoms with E-state index < -0.39 is 36.4 Å². The van der Waals surface area contributed by atoms with E-state index in [1.807, 2.05) is 0 Å². The van der Waals surface area contributed by atoms with Gasteiger partial charge in [-0.2, -0.15) is 33.7 Å². The molecule has 0 aliphatic carbocycles. The van der Waals surface area contributed by atoms with Crippen molar-refractivity contribution in [3.8, 4) is 0 Å². The van der Waals surface area contributed by atoms with Gasteiger partial charge < -0.3 is 10.2 Å². The second-order valence-corrected chi connectivity index (χ2v) is 5.87. The highest BCUT2D eigenvalue weighted by Crippen LogP contribution is 2.39. The molecular formula is C12H17F5O4S. The van der Waals surface area contributed by atoms with E-state index in [1.54, 1.807) is 0 Å². The number of thioether (sulfide) groups is 1. The highest BCUT2D eigenvalue weighted by atomic mass is 32.2. The quantitative estimate of drug-likeness (QED) is 0.337. The van der Waals surface area contributed by atoms with Crippen LogP contribution < -0.4 is 0 Å². The summed E-state index contributed by atoms with van der Waals surface area (Å²) >= 11 is 1.18. The molecule has 0 radical (unpaired) electrons. The van der Waals surface area contributed by atoms with Crippen LogP contribution in [-0.2, 0) is 9.59 Å². The van der Waals surface area contributed by atoms with E-state index in [0.717, 1.165) is 0 Å². The number of alkyl halides is 5. The maximum Gasteiger partial charge on any atom is 0.453 e. The molecule has 10 heteroatoms. The summed E-state index contributed by atoms with van der Waals surface area (Å²) in [6.45, 7) is 0. The lowest BCUT2D eigenvalue weighted by atomic mass is 10.0. The standard InChI is InChI=1S/C12H17F5O4S/c13-11(14,12(15,16)17)5-3-7-22-6-2-1-4-8(9(18)19)10(20)21/h8H,1-7H2,(H,18,19)(H,20,21). The summed E-state index contributed by atoms with van der Waals surface area (Å²) in [6, 6.07) is 0. The second-order valence-electron chi connectivity index (χ2n) is 4.64. The van der Waals surface area contributed by atoms with Crippen LogP contribution in [0.5, 0.6) is 0 Å². The number of carboxylic acids is 2. The summed E-state index contributed by atoms with van der Waals surface area (Å²) in [5.41, 5.74) is 0. The maximum absolute atomic E-state index is 12.6. The zero-order valence-electron chi connectivity index (χ0n) is 11.5. The van der Waals surface area contributed by atoms with Crippen LogP contribution in [0.4, 0.5) is 22.0 Å². The van der Waals surface area contributed by atoms with E-state index in [9.17, 15) is 31.5 Å². The van der Waals surface area contributed by atoms with Crippen LogP contribution in [0.15, 0.2) is 0 Å². The molecule has 4 nitrogen and oxygen atoms in total. The van der Waals surface area contributed by atoms with Crippen LogP contribution in [0.25, 0.3) is 0 Å². The fraction of sp³-hybridized carbons (Fsp3) is 0.833. The maximum atomic E-state index is 12.6. The second kappa shape index (κ2) is 9.16. The van der Waals surface area contributed by atoms with Gasteiger partial charge in [0.15, 0.2) is 5.92 Å². The molecule has 0 aliphatic rings. The van der Waals surface area contributed by atoms with Crippen LogP contribution >= 0.6 is 11.8 Å². The number of carbonyl (C=O) groups is 2. The predicted octanol–water partition coefficient (Wildman–Crippen LogP) is 3.65. The lowest BCUT2D eigenvalue weighted by Crippen LogP contribution is -2.36. The topological polar surface area (TPSA) is 74.6 Å². The lowest BCUT2D eigenvalue weighted by Gasteiger charge is -2.19. The largest absolute Gasteiger partial charge is 0.481 e. The van der Waals surface area contributed by atoms with E-state index in [0.29, 0.717) is 18.6 Å². The van der Waals surface area contributed by atoms with Crippen molar-refractivity contribution in [3.63, 3.8) is 0 Å². The SMILES string of the molecule is O=C(O)C(CCCCSCCCC(F)(F)C(F)(F)F)C(=O)O. The first-order valence-electron chi connectivity index (χ1n) is 6.47. The average Bonchev–Trinajstić information content (AvgIpc) is 2.34. The summed E-state index contributed by atoms with van der Waals surface area (Å²) < 4.78 is 60.7. The van der Waals surface area contributed by atoms with Crippen molar-refractivity contribution in [3.05, 3.63) is 0 Å². The molecule has 0 saturated carbocycles. The van der Waals surface area contributed by atoms with Gasteiger partial charge in [-0.3, -0.25) is 9.59 Å². The molecule has 0 amide bonds. The zero-order chi connectivity index (χ0) is 17.4. The van der Waals surface area contributed by atoms with Gasteiger partial charge in [-0.1, -0.05) is 6.42 Å². The minimum atomic E-state index is -5.53. The molecule has 0 aromatic rings. The van der Waals surface area contributed by atoms with Gasteiger partial charge in [0, 0.05) is 6.42 Å². The molecule has 0 fully saturated rings. The Kier molecular flexibility index (Phi) is 8.72. The van der Waals surface area contributed by atoms with Crippen molar-refractivity contribution in [2.24, 2.45) is 5.92 Å². The Morgan fingerprint density at radius 2 is 1.41 bits per heavy atom. The van der Waals surface area contributed by atoms with Crippen LogP contribution in [0, 0.1) is 5.92 Å². The smallest absolute Gasteiger partial charge is 0.453 e. The van der Waals surface area contributed by atoms with Crippen molar-refractivity contribution in [1.29, 1.82) is 0 Å². The van der Waals surface area contributed by atoms with Gasteiger partial charge >= 0.3 is 24.0 Å². The lowest BCUT2D eigenvalue weighted by molar-refractivity contribution is -0.284. The van der Waals surface area contributed by atoms with Crippen molar-refractivity contribution >= 4 is 23.7 Å². The van der Waals surface area contributed by atoms with Crippen LogP contribution in [0.1, 0.15) is 32.1 Å². The monoisotopic (exact) mass is 352 g/mol. The Hall–Kier alpha value is -1.06. The Labute approximate surface area is 128 Å². The Morgan fingerprint density at radius 3 is 1.86 bits per heavy atom. The third kappa shape index (κ3) is 7.81. The minimum absolute atomic E-state index is 0.0443. The highest BCUT2D eigenvalue weighted by Gasteiger charge is 2.56. The normalized spacial score (nSPS) is 12.6.